The van der Waals surface area contributed by atoms with Crippen LogP contribution in [0.25, 0.3) is 0 Å². The molecule has 1 fully saturated rings. The number of nitrogens with one attached hydrogen (secondary N) is 1. The molecule has 0 amide bonds. The molecule has 0 aromatic rings. The lowest BCUT2D eigenvalue weighted by molar-refractivity contribution is 0.184. The maximum atomic E-state index is 3.79. The van der Waals surface area contributed by atoms with E-state index in [-0.39, 0.29) is 0 Å². The van der Waals surface area contributed by atoms with Crippen molar-refractivity contribution >= 4 is 0 Å². The molecule has 0 aliphatic heterocycles. The van der Waals surface area contributed by atoms with Gasteiger partial charge in [-0.2, -0.15) is 0 Å². The van der Waals surface area contributed by atoms with E-state index in [9.17, 15) is 0 Å². The zero-order chi connectivity index (χ0) is 12.3. The van der Waals surface area contributed by atoms with Crippen molar-refractivity contribution in [3.05, 3.63) is 0 Å². The fourth-order valence-electron chi connectivity index (χ4n) is 2.34. The molecule has 1 N–H and O–H groups in total. The predicted molar refractivity (Wildman–Crippen MR) is 72.6 cm³/mol. The molecule has 96 valence electrons. The van der Waals surface area contributed by atoms with Crippen LogP contribution in [0.3, 0.4) is 0 Å². The van der Waals surface area contributed by atoms with Gasteiger partial charge in [0.15, 0.2) is 0 Å². The highest BCUT2D eigenvalue weighted by Crippen LogP contribution is 2.30. The van der Waals surface area contributed by atoms with Crippen molar-refractivity contribution in [3.8, 4) is 0 Å². The van der Waals surface area contributed by atoms with Crippen LogP contribution in [0.15, 0.2) is 0 Å². The van der Waals surface area contributed by atoms with E-state index in [0.717, 1.165) is 30.3 Å². The molecule has 1 heteroatoms. The molecule has 0 saturated heterocycles. The van der Waals surface area contributed by atoms with Gasteiger partial charge in [0.1, 0.15) is 0 Å². The first kappa shape index (κ1) is 14.0. The minimum absolute atomic E-state index is 0.423. The van der Waals surface area contributed by atoms with Crippen molar-refractivity contribution in [1.82, 2.24) is 5.32 Å². The topological polar surface area (TPSA) is 12.0 Å². The standard InChI is InChI=1S/C15H31N/c1-11(2)15(5,6)10-16-14-8-7-12(3)13(4)9-14/h11-14,16H,7-10H2,1-6H3. The molecule has 0 aromatic carbocycles. The molecule has 1 aliphatic carbocycles. The summed E-state index contributed by atoms with van der Waals surface area (Å²) in [6.07, 6.45) is 4.15. The zero-order valence-electron chi connectivity index (χ0n) is 12.1. The highest BCUT2D eigenvalue weighted by atomic mass is 14.9. The van der Waals surface area contributed by atoms with Crippen LogP contribution < -0.4 is 5.32 Å². The van der Waals surface area contributed by atoms with E-state index < -0.39 is 0 Å². The van der Waals surface area contributed by atoms with Gasteiger partial charge in [0, 0.05) is 12.6 Å². The molecule has 1 nitrogen and oxygen atoms in total. The van der Waals surface area contributed by atoms with Crippen LogP contribution in [0.4, 0.5) is 0 Å². The van der Waals surface area contributed by atoms with Crippen molar-refractivity contribution in [2.75, 3.05) is 6.54 Å². The van der Waals surface area contributed by atoms with Gasteiger partial charge in [-0.15, -0.1) is 0 Å². The summed E-state index contributed by atoms with van der Waals surface area (Å²) in [4.78, 5) is 0. The molecule has 1 rings (SSSR count). The summed E-state index contributed by atoms with van der Waals surface area (Å²) in [5.41, 5.74) is 0.423. The largest absolute Gasteiger partial charge is 0.313 e. The van der Waals surface area contributed by atoms with Crippen LogP contribution in [0.1, 0.15) is 60.8 Å². The number of rotatable bonds is 4. The lowest BCUT2D eigenvalue weighted by Gasteiger charge is -2.36. The Bertz CT molecular complexity index is 207. The van der Waals surface area contributed by atoms with E-state index in [2.05, 4.69) is 46.9 Å². The maximum absolute atomic E-state index is 3.79. The highest BCUT2D eigenvalue weighted by molar-refractivity contribution is 4.83. The minimum atomic E-state index is 0.423. The van der Waals surface area contributed by atoms with Gasteiger partial charge in [0.05, 0.1) is 0 Å². The fourth-order valence-corrected chi connectivity index (χ4v) is 2.34. The van der Waals surface area contributed by atoms with Crippen molar-refractivity contribution < 1.29 is 0 Å². The first-order chi connectivity index (χ1) is 7.33. The van der Waals surface area contributed by atoms with Crippen molar-refractivity contribution in [3.63, 3.8) is 0 Å². The third-order valence-electron chi connectivity index (χ3n) is 5.01. The Hall–Kier alpha value is -0.0400. The van der Waals surface area contributed by atoms with Crippen molar-refractivity contribution in [1.29, 1.82) is 0 Å². The first-order valence-corrected chi connectivity index (χ1v) is 7.06. The summed E-state index contributed by atoms with van der Waals surface area (Å²) in [5, 5.41) is 3.79. The van der Waals surface area contributed by atoms with Gasteiger partial charge in [0.25, 0.3) is 0 Å². The molecule has 0 aromatic heterocycles. The second-order valence-electron chi connectivity index (χ2n) is 6.99. The van der Waals surface area contributed by atoms with Crippen molar-refractivity contribution in [2.24, 2.45) is 23.2 Å². The van der Waals surface area contributed by atoms with E-state index in [0.29, 0.717) is 5.41 Å². The average molecular weight is 225 g/mol. The van der Waals surface area contributed by atoms with Crippen LogP contribution in [0.2, 0.25) is 0 Å². The smallest absolute Gasteiger partial charge is 0.00700 e. The molecule has 0 bridgehead atoms. The molecule has 0 radical (unpaired) electrons. The van der Waals surface area contributed by atoms with Crippen LogP contribution in [0, 0.1) is 23.2 Å². The molecular weight excluding hydrogens is 194 g/mol. The van der Waals surface area contributed by atoms with Gasteiger partial charge >= 0.3 is 0 Å². The van der Waals surface area contributed by atoms with E-state index in [1.165, 1.54) is 19.3 Å². The predicted octanol–water partition coefficient (Wildman–Crippen LogP) is 4.08. The Morgan fingerprint density at radius 1 is 1.12 bits per heavy atom. The van der Waals surface area contributed by atoms with Gasteiger partial charge < -0.3 is 5.32 Å². The highest BCUT2D eigenvalue weighted by Gasteiger charge is 2.27. The Kier molecular flexibility index (Phi) is 4.85. The average Bonchev–Trinajstić information content (AvgIpc) is 2.20. The van der Waals surface area contributed by atoms with Gasteiger partial charge in [0.2, 0.25) is 0 Å². The van der Waals surface area contributed by atoms with E-state index >= 15 is 0 Å². The molecular formula is C15H31N. The summed E-state index contributed by atoms with van der Waals surface area (Å²) in [6, 6.07) is 0.768. The summed E-state index contributed by atoms with van der Waals surface area (Å²) < 4.78 is 0. The quantitative estimate of drug-likeness (QED) is 0.760. The summed E-state index contributed by atoms with van der Waals surface area (Å²) in [5.74, 6) is 2.57. The SMILES string of the molecule is CC1CCC(NCC(C)(C)C(C)C)CC1C. The fraction of sp³-hybridized carbons (Fsp3) is 1.00. The van der Waals surface area contributed by atoms with Crippen LogP contribution >= 0.6 is 0 Å². The molecule has 0 heterocycles. The van der Waals surface area contributed by atoms with E-state index in [1.807, 2.05) is 0 Å². The van der Waals surface area contributed by atoms with Gasteiger partial charge in [-0.25, -0.2) is 0 Å². The number of hydrogen-bond acceptors (Lipinski definition) is 1. The number of hydrogen-bond donors (Lipinski definition) is 1. The summed E-state index contributed by atoms with van der Waals surface area (Å²) >= 11 is 0. The molecule has 3 atom stereocenters. The Balaban J connectivity index is 2.34. The van der Waals surface area contributed by atoms with Gasteiger partial charge in [-0.05, 0) is 42.4 Å². The second kappa shape index (κ2) is 5.53. The minimum Gasteiger partial charge on any atom is -0.313 e. The Morgan fingerprint density at radius 3 is 2.25 bits per heavy atom. The first-order valence-electron chi connectivity index (χ1n) is 7.06. The van der Waals surface area contributed by atoms with Crippen LogP contribution in [-0.4, -0.2) is 12.6 Å². The third-order valence-corrected chi connectivity index (χ3v) is 5.01. The van der Waals surface area contributed by atoms with Gasteiger partial charge in [-0.3, -0.25) is 0 Å². The van der Waals surface area contributed by atoms with Crippen molar-refractivity contribution in [2.45, 2.75) is 66.8 Å². The Labute approximate surface area is 102 Å². The van der Waals surface area contributed by atoms with Crippen LogP contribution in [-0.2, 0) is 0 Å². The summed E-state index contributed by atoms with van der Waals surface area (Å²) in [6.45, 7) is 15.4. The molecule has 1 aliphatic rings. The molecule has 1 saturated carbocycles. The molecule has 16 heavy (non-hydrogen) atoms. The lowest BCUT2D eigenvalue weighted by Crippen LogP contribution is -2.42. The second-order valence-corrected chi connectivity index (χ2v) is 6.99. The lowest BCUT2D eigenvalue weighted by atomic mass is 9.77. The zero-order valence-corrected chi connectivity index (χ0v) is 12.1. The van der Waals surface area contributed by atoms with Crippen LogP contribution in [0.5, 0.6) is 0 Å². The third kappa shape index (κ3) is 3.76. The van der Waals surface area contributed by atoms with E-state index in [1.54, 1.807) is 0 Å². The molecule has 3 unspecified atom stereocenters. The normalized spacial score (nSPS) is 32.1. The monoisotopic (exact) mass is 225 g/mol. The Morgan fingerprint density at radius 2 is 1.75 bits per heavy atom. The summed E-state index contributed by atoms with van der Waals surface area (Å²) in [7, 11) is 0. The van der Waals surface area contributed by atoms with Gasteiger partial charge in [-0.1, -0.05) is 41.5 Å². The molecule has 0 spiro atoms. The maximum Gasteiger partial charge on any atom is 0.00700 e. The van der Waals surface area contributed by atoms with E-state index in [4.69, 9.17) is 0 Å².